The molecule has 4 unspecified atom stereocenters. The maximum atomic E-state index is 3.52. The number of fused-ring (bicyclic) bond motifs is 5. The molecule has 86 valence electrons. The van der Waals surface area contributed by atoms with Crippen LogP contribution in [0.3, 0.4) is 0 Å². The molecule has 0 radical (unpaired) electrons. The second-order valence-corrected chi connectivity index (χ2v) is 6.51. The number of allylic oxidation sites excluding steroid dienone is 3. The van der Waals surface area contributed by atoms with Gasteiger partial charge in [0.25, 0.3) is 0 Å². The third kappa shape index (κ3) is 1.55. The third-order valence-electron chi connectivity index (χ3n) is 4.69. The molecule has 2 fully saturated rings. The first-order valence-electron chi connectivity index (χ1n) is 6.45. The Balaban J connectivity index is 1.50. The lowest BCUT2D eigenvalue weighted by atomic mass is 10.0. The molecule has 0 heterocycles. The van der Waals surface area contributed by atoms with Crippen molar-refractivity contribution in [1.82, 2.24) is 0 Å². The fourth-order valence-electron chi connectivity index (χ4n) is 3.94. The van der Waals surface area contributed by atoms with Crippen molar-refractivity contribution in [3.05, 3.63) is 52.5 Å². The quantitative estimate of drug-likeness (QED) is 0.701. The van der Waals surface area contributed by atoms with Crippen LogP contribution in [0.15, 0.2) is 47.0 Å². The fraction of sp³-hybridized carbons (Fsp3) is 0.375. The minimum Gasteiger partial charge on any atom is -0.0848 e. The van der Waals surface area contributed by atoms with Crippen LogP contribution in [0, 0.1) is 29.6 Å². The van der Waals surface area contributed by atoms with E-state index in [4.69, 9.17) is 0 Å². The van der Waals surface area contributed by atoms with Crippen molar-refractivity contribution in [2.45, 2.75) is 6.42 Å². The molecule has 1 aromatic rings. The van der Waals surface area contributed by atoms with E-state index in [0.29, 0.717) is 0 Å². The van der Waals surface area contributed by atoms with Gasteiger partial charge in [0.05, 0.1) is 0 Å². The number of hydrogen-bond donors (Lipinski definition) is 0. The highest BCUT2D eigenvalue weighted by Crippen LogP contribution is 2.67. The Hall–Kier alpha value is -0.820. The summed E-state index contributed by atoms with van der Waals surface area (Å²) in [6.45, 7) is 0. The fourth-order valence-corrected chi connectivity index (χ4v) is 4.36. The van der Waals surface area contributed by atoms with Crippen molar-refractivity contribution in [3.8, 4) is 0 Å². The Morgan fingerprint density at radius 2 is 1.88 bits per heavy atom. The first-order chi connectivity index (χ1) is 8.33. The molecule has 3 aliphatic carbocycles. The molecule has 0 aliphatic heterocycles. The summed E-state index contributed by atoms with van der Waals surface area (Å²) in [6.07, 6.45) is 11.1. The summed E-state index contributed by atoms with van der Waals surface area (Å²) in [7, 11) is 0. The van der Waals surface area contributed by atoms with Crippen LogP contribution in [0.4, 0.5) is 0 Å². The van der Waals surface area contributed by atoms with Gasteiger partial charge in [0.1, 0.15) is 0 Å². The second-order valence-electron chi connectivity index (χ2n) is 5.59. The van der Waals surface area contributed by atoms with Gasteiger partial charge in [-0.2, -0.15) is 0 Å². The zero-order valence-electron chi connectivity index (χ0n) is 9.59. The molecule has 0 amide bonds. The van der Waals surface area contributed by atoms with Crippen LogP contribution in [-0.2, 0) is 0 Å². The van der Waals surface area contributed by atoms with Gasteiger partial charge in [0, 0.05) is 4.47 Å². The lowest BCUT2D eigenvalue weighted by Gasteiger charge is -2.04. The Labute approximate surface area is 111 Å². The van der Waals surface area contributed by atoms with Crippen LogP contribution < -0.4 is 0 Å². The predicted molar refractivity (Wildman–Crippen MR) is 74.4 cm³/mol. The van der Waals surface area contributed by atoms with Crippen LogP contribution in [0.2, 0.25) is 0 Å². The van der Waals surface area contributed by atoms with Crippen molar-refractivity contribution in [2.75, 3.05) is 0 Å². The summed E-state index contributed by atoms with van der Waals surface area (Å²) in [5, 5.41) is 0. The van der Waals surface area contributed by atoms with Crippen LogP contribution >= 0.6 is 15.9 Å². The molecule has 0 aromatic heterocycles. The summed E-state index contributed by atoms with van der Waals surface area (Å²) in [4.78, 5) is 0. The van der Waals surface area contributed by atoms with E-state index in [2.05, 4.69) is 64.5 Å². The smallest absolute Gasteiger partial charge is 0.0181 e. The molecule has 0 nitrogen and oxygen atoms in total. The monoisotopic (exact) mass is 286 g/mol. The standard InChI is InChI=1S/C16H15Br/c17-13-3-1-2-10(8-13)4-7-14-15-11-5-6-12(9-11)16(14)15/h1-8,11-12,14-16H,9H2/b7-4+. The van der Waals surface area contributed by atoms with E-state index in [1.54, 1.807) is 0 Å². The van der Waals surface area contributed by atoms with Gasteiger partial charge in [0.15, 0.2) is 0 Å². The van der Waals surface area contributed by atoms with Gasteiger partial charge in [-0.3, -0.25) is 0 Å². The van der Waals surface area contributed by atoms with Crippen molar-refractivity contribution >= 4 is 22.0 Å². The van der Waals surface area contributed by atoms with Gasteiger partial charge in [-0.15, -0.1) is 0 Å². The molecule has 0 spiro atoms. The van der Waals surface area contributed by atoms with Crippen molar-refractivity contribution in [3.63, 3.8) is 0 Å². The van der Waals surface area contributed by atoms with E-state index in [0.717, 1.165) is 34.1 Å². The van der Waals surface area contributed by atoms with Gasteiger partial charge in [0.2, 0.25) is 0 Å². The second kappa shape index (κ2) is 3.58. The molecule has 17 heavy (non-hydrogen) atoms. The molecule has 1 heteroatoms. The highest BCUT2D eigenvalue weighted by atomic mass is 79.9. The highest BCUT2D eigenvalue weighted by Gasteiger charge is 2.61. The van der Waals surface area contributed by atoms with Crippen LogP contribution in [0.1, 0.15) is 12.0 Å². The van der Waals surface area contributed by atoms with Crippen molar-refractivity contribution in [1.29, 1.82) is 0 Å². The molecular formula is C16H15Br. The maximum absolute atomic E-state index is 3.52. The van der Waals surface area contributed by atoms with Gasteiger partial charge < -0.3 is 0 Å². The van der Waals surface area contributed by atoms with E-state index < -0.39 is 0 Å². The van der Waals surface area contributed by atoms with E-state index in [9.17, 15) is 0 Å². The van der Waals surface area contributed by atoms with Crippen LogP contribution in [0.5, 0.6) is 0 Å². The summed E-state index contributed by atoms with van der Waals surface area (Å²) in [6, 6.07) is 8.53. The molecule has 0 saturated heterocycles. The average molecular weight is 287 g/mol. The topological polar surface area (TPSA) is 0 Å². The van der Waals surface area contributed by atoms with Gasteiger partial charge in [-0.25, -0.2) is 0 Å². The molecule has 1 aromatic carbocycles. The number of hydrogen-bond acceptors (Lipinski definition) is 0. The number of rotatable bonds is 2. The lowest BCUT2D eigenvalue weighted by molar-refractivity contribution is 0.530. The lowest BCUT2D eigenvalue weighted by Crippen LogP contribution is -1.96. The minimum absolute atomic E-state index is 0.854. The molecule has 2 bridgehead atoms. The van der Waals surface area contributed by atoms with E-state index in [1.807, 2.05) is 0 Å². The summed E-state index contributed by atoms with van der Waals surface area (Å²) in [5.74, 6) is 4.62. The minimum atomic E-state index is 0.854. The molecule has 2 saturated carbocycles. The van der Waals surface area contributed by atoms with E-state index in [1.165, 1.54) is 12.0 Å². The molecule has 4 rings (SSSR count). The van der Waals surface area contributed by atoms with Crippen molar-refractivity contribution < 1.29 is 0 Å². The van der Waals surface area contributed by atoms with E-state index in [-0.39, 0.29) is 0 Å². The SMILES string of the molecule is Brc1cccc(/C=C/C2C3C4C=CC(C4)C23)c1. The van der Waals surface area contributed by atoms with Gasteiger partial charge in [-0.1, -0.05) is 52.4 Å². The average Bonchev–Trinajstić information content (AvgIpc) is 2.72. The molecular weight excluding hydrogens is 272 g/mol. The zero-order chi connectivity index (χ0) is 11.4. The highest BCUT2D eigenvalue weighted by molar-refractivity contribution is 9.10. The van der Waals surface area contributed by atoms with Crippen LogP contribution in [-0.4, -0.2) is 0 Å². The van der Waals surface area contributed by atoms with Gasteiger partial charge >= 0.3 is 0 Å². The third-order valence-corrected chi connectivity index (χ3v) is 5.18. The maximum Gasteiger partial charge on any atom is 0.0181 e. The Kier molecular flexibility index (Phi) is 2.14. The first-order valence-corrected chi connectivity index (χ1v) is 7.24. The van der Waals surface area contributed by atoms with Gasteiger partial charge in [-0.05, 0) is 53.7 Å². The molecule has 3 aliphatic rings. The Bertz CT molecular complexity index is 496. The van der Waals surface area contributed by atoms with Crippen LogP contribution in [0.25, 0.3) is 6.08 Å². The zero-order valence-corrected chi connectivity index (χ0v) is 11.2. The summed E-state index contributed by atoms with van der Waals surface area (Å²) < 4.78 is 1.16. The molecule has 4 atom stereocenters. The largest absolute Gasteiger partial charge is 0.0848 e. The van der Waals surface area contributed by atoms with Crippen molar-refractivity contribution in [2.24, 2.45) is 29.6 Å². The normalized spacial score (nSPS) is 41.1. The summed E-state index contributed by atoms with van der Waals surface area (Å²) >= 11 is 3.52. The Morgan fingerprint density at radius 3 is 2.59 bits per heavy atom. The Morgan fingerprint density at radius 1 is 1.12 bits per heavy atom. The predicted octanol–water partition coefficient (Wildman–Crippen LogP) is 4.53. The summed E-state index contributed by atoms with van der Waals surface area (Å²) in [5.41, 5.74) is 1.31. The number of halogens is 1. The number of benzene rings is 1. The molecule has 0 N–H and O–H groups in total. The first kappa shape index (κ1) is 10.1. The van der Waals surface area contributed by atoms with E-state index >= 15 is 0 Å².